The Balaban J connectivity index is 1.58. The maximum absolute atomic E-state index is 12.8. The lowest BCUT2D eigenvalue weighted by molar-refractivity contribution is -0.384. The van der Waals surface area contributed by atoms with Crippen molar-refractivity contribution in [2.45, 2.75) is 13.5 Å². The number of anilines is 1. The Kier molecular flexibility index (Phi) is 9.01. The molecule has 8 nitrogen and oxygen atoms in total. The van der Waals surface area contributed by atoms with Crippen LogP contribution in [-0.2, 0) is 11.4 Å². The van der Waals surface area contributed by atoms with Gasteiger partial charge in [-0.3, -0.25) is 14.9 Å². The molecule has 0 fully saturated rings. The smallest absolute Gasteiger partial charge is 0.271 e. The zero-order valence-electron chi connectivity index (χ0n) is 20.6. The SMILES string of the molecule is CCOc1cc(C=C(C#N)C(=O)Nc2ccc([N+](=O)[O-])cc2Cl)cc(I)c1OCc1cccc2ccccc12. The van der Waals surface area contributed by atoms with Crippen molar-refractivity contribution >= 4 is 68.3 Å². The van der Waals surface area contributed by atoms with Crippen LogP contribution in [0.1, 0.15) is 18.1 Å². The van der Waals surface area contributed by atoms with E-state index in [1.165, 1.54) is 18.2 Å². The predicted octanol–water partition coefficient (Wildman–Crippen LogP) is 7.53. The molecule has 0 aromatic heterocycles. The molecule has 0 heterocycles. The molecule has 0 unspecified atom stereocenters. The van der Waals surface area contributed by atoms with Crippen molar-refractivity contribution in [2.75, 3.05) is 11.9 Å². The molecule has 1 N–H and O–H groups in total. The predicted molar refractivity (Wildman–Crippen MR) is 159 cm³/mol. The molecular formula is C29H21ClIN3O5. The fourth-order valence-electron chi connectivity index (χ4n) is 3.87. The number of benzene rings is 4. The first-order valence-electron chi connectivity index (χ1n) is 11.7. The first kappa shape index (κ1) is 27.9. The van der Waals surface area contributed by atoms with E-state index >= 15 is 0 Å². The largest absolute Gasteiger partial charge is 0.490 e. The number of fused-ring (bicyclic) bond motifs is 1. The number of nitrogens with zero attached hydrogens (tertiary/aromatic N) is 2. The van der Waals surface area contributed by atoms with E-state index in [4.69, 9.17) is 21.1 Å². The lowest BCUT2D eigenvalue weighted by Gasteiger charge is -2.16. The van der Waals surface area contributed by atoms with Crippen molar-refractivity contribution in [2.24, 2.45) is 0 Å². The Morgan fingerprint density at radius 2 is 1.90 bits per heavy atom. The summed E-state index contributed by atoms with van der Waals surface area (Å²) in [5.41, 5.74) is 1.34. The number of nitro benzene ring substituents is 1. The number of nitrogens with one attached hydrogen (secondary N) is 1. The van der Waals surface area contributed by atoms with Crippen LogP contribution in [0.15, 0.2) is 78.4 Å². The Hall–Kier alpha value is -4.14. The van der Waals surface area contributed by atoms with Crippen LogP contribution in [0.5, 0.6) is 11.5 Å². The molecule has 0 spiro atoms. The number of ether oxygens (including phenoxy) is 2. The summed E-state index contributed by atoms with van der Waals surface area (Å²) in [5.74, 6) is 0.327. The third kappa shape index (κ3) is 6.66. The maximum atomic E-state index is 12.8. The first-order valence-corrected chi connectivity index (χ1v) is 13.2. The van der Waals surface area contributed by atoms with Crippen LogP contribution in [0.25, 0.3) is 16.8 Å². The van der Waals surface area contributed by atoms with Gasteiger partial charge in [0.1, 0.15) is 18.2 Å². The van der Waals surface area contributed by atoms with Crippen LogP contribution in [-0.4, -0.2) is 17.4 Å². The normalized spacial score (nSPS) is 11.1. The van der Waals surface area contributed by atoms with Crippen LogP contribution in [0.4, 0.5) is 11.4 Å². The number of carbonyl (C=O) groups is 1. The van der Waals surface area contributed by atoms with Crippen LogP contribution in [0.2, 0.25) is 5.02 Å². The molecule has 4 rings (SSSR count). The van der Waals surface area contributed by atoms with E-state index in [0.717, 1.165) is 26.0 Å². The number of hydrogen-bond donors (Lipinski definition) is 1. The zero-order chi connectivity index (χ0) is 27.9. The van der Waals surface area contributed by atoms with Crippen LogP contribution in [0.3, 0.4) is 0 Å². The van der Waals surface area contributed by atoms with Gasteiger partial charge in [-0.25, -0.2) is 0 Å². The topological polar surface area (TPSA) is 114 Å². The minimum absolute atomic E-state index is 0.0179. The van der Waals surface area contributed by atoms with Gasteiger partial charge >= 0.3 is 0 Å². The van der Waals surface area contributed by atoms with Crippen LogP contribution < -0.4 is 14.8 Å². The monoisotopic (exact) mass is 653 g/mol. The number of non-ortho nitro benzene ring substituents is 1. The van der Waals surface area contributed by atoms with Gasteiger partial charge in [0.05, 0.1) is 25.8 Å². The molecule has 0 aliphatic heterocycles. The summed E-state index contributed by atoms with van der Waals surface area (Å²) in [4.78, 5) is 23.1. The Morgan fingerprint density at radius 1 is 1.13 bits per heavy atom. The third-order valence-electron chi connectivity index (χ3n) is 5.67. The molecule has 1 amide bonds. The lowest BCUT2D eigenvalue weighted by Crippen LogP contribution is -2.14. The maximum Gasteiger partial charge on any atom is 0.271 e. The van der Waals surface area contributed by atoms with Crippen molar-refractivity contribution in [3.05, 3.63) is 108 Å². The summed E-state index contributed by atoms with van der Waals surface area (Å²) in [6.45, 7) is 2.57. The highest BCUT2D eigenvalue weighted by atomic mass is 127. The number of halogens is 2. The lowest BCUT2D eigenvalue weighted by atomic mass is 10.1. The molecular weight excluding hydrogens is 633 g/mol. The highest BCUT2D eigenvalue weighted by molar-refractivity contribution is 14.1. The zero-order valence-corrected chi connectivity index (χ0v) is 23.5. The highest BCUT2D eigenvalue weighted by Gasteiger charge is 2.17. The summed E-state index contributed by atoms with van der Waals surface area (Å²) in [7, 11) is 0. The van der Waals surface area contributed by atoms with E-state index in [2.05, 4.69) is 34.0 Å². The average molecular weight is 654 g/mol. The molecule has 196 valence electrons. The van der Waals surface area contributed by atoms with E-state index in [1.54, 1.807) is 12.1 Å². The van der Waals surface area contributed by atoms with Gasteiger partial charge in [0, 0.05) is 12.1 Å². The van der Waals surface area contributed by atoms with E-state index in [9.17, 15) is 20.2 Å². The molecule has 0 bridgehead atoms. The fraction of sp³-hybridized carbons (Fsp3) is 0.103. The van der Waals surface area contributed by atoms with Crippen molar-refractivity contribution in [1.29, 1.82) is 5.26 Å². The summed E-state index contributed by atoms with van der Waals surface area (Å²) in [5, 5.41) is 25.3. The van der Waals surface area contributed by atoms with E-state index in [0.29, 0.717) is 30.3 Å². The number of nitriles is 1. The van der Waals surface area contributed by atoms with Gasteiger partial charge in [0.25, 0.3) is 11.6 Å². The summed E-state index contributed by atoms with van der Waals surface area (Å²) >= 11 is 8.20. The highest BCUT2D eigenvalue weighted by Crippen LogP contribution is 2.36. The molecule has 4 aromatic rings. The molecule has 0 radical (unpaired) electrons. The summed E-state index contributed by atoms with van der Waals surface area (Å²) in [6, 6.07) is 23.2. The molecule has 0 atom stereocenters. The molecule has 0 saturated heterocycles. The van der Waals surface area contributed by atoms with Crippen molar-refractivity contribution in [3.8, 4) is 17.6 Å². The quantitative estimate of drug-likeness (QED) is 0.0657. The van der Waals surface area contributed by atoms with Crippen molar-refractivity contribution in [3.63, 3.8) is 0 Å². The standard InChI is InChI=1S/C29H21ClIN3O5/c1-2-38-27-14-18(12-21(16-32)29(35)33-26-11-10-22(34(36)37)15-24(26)30)13-25(31)28(27)39-17-20-8-5-7-19-6-3-4-9-23(19)20/h3-15H,2,17H2,1H3,(H,33,35). The van der Waals surface area contributed by atoms with Gasteiger partial charge in [-0.05, 0) is 75.7 Å². The van der Waals surface area contributed by atoms with Crippen molar-refractivity contribution in [1.82, 2.24) is 0 Å². The number of nitro groups is 1. The van der Waals surface area contributed by atoms with E-state index in [1.807, 2.05) is 49.4 Å². The second-order valence-electron chi connectivity index (χ2n) is 8.24. The first-order chi connectivity index (χ1) is 18.8. The van der Waals surface area contributed by atoms with Gasteiger partial charge in [-0.1, -0.05) is 54.1 Å². The average Bonchev–Trinajstić information content (AvgIpc) is 2.92. The van der Waals surface area contributed by atoms with Gasteiger partial charge < -0.3 is 14.8 Å². The van der Waals surface area contributed by atoms with Gasteiger partial charge in [-0.15, -0.1) is 0 Å². The van der Waals surface area contributed by atoms with Crippen LogP contribution >= 0.6 is 34.2 Å². The number of amides is 1. The van der Waals surface area contributed by atoms with Crippen LogP contribution in [0, 0.1) is 25.0 Å². The van der Waals surface area contributed by atoms with Gasteiger partial charge in [0.15, 0.2) is 11.5 Å². The molecule has 10 heteroatoms. The Bertz CT molecular complexity index is 1640. The van der Waals surface area contributed by atoms with Gasteiger partial charge in [0.2, 0.25) is 0 Å². The van der Waals surface area contributed by atoms with E-state index < -0.39 is 10.8 Å². The third-order valence-corrected chi connectivity index (χ3v) is 6.79. The molecule has 4 aromatic carbocycles. The number of hydrogen-bond acceptors (Lipinski definition) is 6. The molecule has 0 aliphatic rings. The second kappa shape index (κ2) is 12.6. The van der Waals surface area contributed by atoms with Gasteiger partial charge in [-0.2, -0.15) is 5.26 Å². The summed E-state index contributed by atoms with van der Waals surface area (Å²) < 4.78 is 12.8. The minimum Gasteiger partial charge on any atom is -0.490 e. The molecule has 0 aliphatic carbocycles. The number of rotatable bonds is 9. The minimum atomic E-state index is -0.711. The second-order valence-corrected chi connectivity index (χ2v) is 9.80. The number of carbonyl (C=O) groups excluding carboxylic acids is 1. The van der Waals surface area contributed by atoms with Crippen molar-refractivity contribution < 1.29 is 19.2 Å². The molecule has 39 heavy (non-hydrogen) atoms. The Labute approximate surface area is 243 Å². The Morgan fingerprint density at radius 3 is 2.62 bits per heavy atom. The fourth-order valence-corrected chi connectivity index (χ4v) is 4.87. The van der Waals surface area contributed by atoms with E-state index in [-0.39, 0.29) is 22.0 Å². The summed E-state index contributed by atoms with van der Waals surface area (Å²) in [6.07, 6.45) is 1.42. The molecule has 0 saturated carbocycles.